The average Bonchev–Trinajstić information content (AvgIpc) is 2.60. The fraction of sp³-hybridized carbons (Fsp3) is 0.545. The van der Waals surface area contributed by atoms with Crippen LogP contribution in [0.5, 0.6) is 0 Å². The summed E-state index contributed by atoms with van der Waals surface area (Å²) < 4.78 is 0. The Labute approximate surface area is 111 Å². The van der Waals surface area contributed by atoms with Crippen molar-refractivity contribution in [3.05, 3.63) is 22.8 Å². The number of hydrazine groups is 1. The second-order valence-corrected chi connectivity index (χ2v) is 5.64. The van der Waals surface area contributed by atoms with Crippen molar-refractivity contribution in [2.75, 3.05) is 30.0 Å². The average molecular weight is 273 g/mol. The number of nitrogens with two attached hydrogens (primary N) is 1. The lowest BCUT2D eigenvalue weighted by Crippen LogP contribution is -2.26. The van der Waals surface area contributed by atoms with Crippen molar-refractivity contribution in [3.63, 3.8) is 0 Å². The molecule has 0 amide bonds. The van der Waals surface area contributed by atoms with Crippen LogP contribution >= 0.6 is 23.4 Å². The maximum atomic E-state index is 6.15. The van der Waals surface area contributed by atoms with Crippen LogP contribution in [0.25, 0.3) is 0 Å². The molecule has 0 atom stereocenters. The van der Waals surface area contributed by atoms with Crippen LogP contribution in [0.2, 0.25) is 5.02 Å². The Morgan fingerprint density at radius 3 is 3.12 bits per heavy atom. The molecular formula is C11H17ClN4S. The Morgan fingerprint density at radius 2 is 2.29 bits per heavy atom. The fourth-order valence-electron chi connectivity index (χ4n) is 1.84. The Morgan fingerprint density at radius 1 is 1.41 bits per heavy atom. The van der Waals surface area contributed by atoms with Crippen molar-refractivity contribution in [3.8, 4) is 0 Å². The third-order valence-corrected chi connectivity index (χ3v) is 4.15. The maximum absolute atomic E-state index is 6.15. The van der Waals surface area contributed by atoms with Gasteiger partial charge in [0.2, 0.25) is 0 Å². The van der Waals surface area contributed by atoms with Gasteiger partial charge >= 0.3 is 0 Å². The van der Waals surface area contributed by atoms with E-state index in [4.69, 9.17) is 17.4 Å². The van der Waals surface area contributed by atoms with Crippen LogP contribution < -0.4 is 11.3 Å². The lowest BCUT2D eigenvalue weighted by atomic mass is 10.3. The van der Waals surface area contributed by atoms with Gasteiger partial charge in [-0.15, -0.1) is 0 Å². The van der Waals surface area contributed by atoms with Crippen molar-refractivity contribution in [1.29, 1.82) is 0 Å². The number of hydrogen-bond acceptors (Lipinski definition) is 5. The predicted octanol–water partition coefficient (Wildman–Crippen LogP) is 1.96. The summed E-state index contributed by atoms with van der Waals surface area (Å²) in [6.07, 6.45) is 1.23. The standard InChI is InChI=1S/C11H17ClN4S/c12-9-2-3-11(15-13)14-10(9)8-16-4-1-6-17-7-5-16/h2-3H,1,4-8,13H2,(H,14,15). The molecule has 0 aromatic carbocycles. The first-order valence-corrected chi connectivity index (χ1v) is 7.25. The SMILES string of the molecule is NNc1ccc(Cl)c(CN2CCCSCC2)n1. The van der Waals surface area contributed by atoms with Crippen LogP contribution in [0.15, 0.2) is 12.1 Å². The molecule has 3 N–H and O–H groups in total. The smallest absolute Gasteiger partial charge is 0.140 e. The molecule has 2 rings (SSSR count). The van der Waals surface area contributed by atoms with Crippen molar-refractivity contribution < 1.29 is 0 Å². The van der Waals surface area contributed by atoms with E-state index in [0.29, 0.717) is 10.8 Å². The molecule has 17 heavy (non-hydrogen) atoms. The van der Waals surface area contributed by atoms with Crippen molar-refractivity contribution in [2.45, 2.75) is 13.0 Å². The molecule has 0 saturated carbocycles. The molecule has 1 aliphatic rings. The van der Waals surface area contributed by atoms with Gasteiger partial charge in [0, 0.05) is 18.8 Å². The third-order valence-electron chi connectivity index (χ3n) is 2.75. The van der Waals surface area contributed by atoms with E-state index in [-0.39, 0.29) is 0 Å². The third kappa shape index (κ3) is 3.74. The summed E-state index contributed by atoms with van der Waals surface area (Å²) >= 11 is 8.16. The molecule has 4 nitrogen and oxygen atoms in total. The van der Waals surface area contributed by atoms with Crippen LogP contribution in [0.3, 0.4) is 0 Å². The normalized spacial score (nSPS) is 17.8. The van der Waals surface area contributed by atoms with Gasteiger partial charge in [0.1, 0.15) is 5.82 Å². The Hall–Kier alpha value is -0.490. The van der Waals surface area contributed by atoms with Gasteiger partial charge in [0.05, 0.1) is 10.7 Å². The van der Waals surface area contributed by atoms with Gasteiger partial charge in [-0.25, -0.2) is 10.8 Å². The number of aromatic nitrogens is 1. The summed E-state index contributed by atoms with van der Waals surface area (Å²) in [5.74, 6) is 8.45. The molecule has 0 bridgehead atoms. The van der Waals surface area contributed by atoms with Crippen LogP contribution in [0.4, 0.5) is 5.82 Å². The van der Waals surface area contributed by atoms with Crippen molar-refractivity contribution in [1.82, 2.24) is 9.88 Å². The van der Waals surface area contributed by atoms with Gasteiger partial charge in [0.25, 0.3) is 0 Å². The first kappa shape index (κ1) is 13.0. The van der Waals surface area contributed by atoms with Gasteiger partial charge in [-0.2, -0.15) is 11.8 Å². The van der Waals surface area contributed by atoms with Gasteiger partial charge in [-0.1, -0.05) is 11.6 Å². The number of hydrogen-bond donors (Lipinski definition) is 2. The number of pyridine rings is 1. The molecular weight excluding hydrogens is 256 g/mol. The monoisotopic (exact) mass is 272 g/mol. The van der Waals surface area contributed by atoms with Gasteiger partial charge in [0.15, 0.2) is 0 Å². The maximum Gasteiger partial charge on any atom is 0.140 e. The molecule has 2 heterocycles. The second-order valence-electron chi connectivity index (χ2n) is 4.01. The van der Waals surface area contributed by atoms with E-state index in [0.717, 1.165) is 25.3 Å². The Bertz CT molecular complexity index is 366. The summed E-state index contributed by atoms with van der Waals surface area (Å²) in [5.41, 5.74) is 3.45. The summed E-state index contributed by atoms with van der Waals surface area (Å²) in [4.78, 5) is 6.80. The molecule has 0 radical (unpaired) electrons. The number of thioether (sulfide) groups is 1. The molecule has 1 saturated heterocycles. The van der Waals surface area contributed by atoms with Crippen molar-refractivity contribution in [2.24, 2.45) is 5.84 Å². The van der Waals surface area contributed by atoms with E-state index in [2.05, 4.69) is 15.3 Å². The molecule has 0 spiro atoms. The highest BCUT2D eigenvalue weighted by Crippen LogP contribution is 2.19. The molecule has 94 valence electrons. The first-order valence-electron chi connectivity index (χ1n) is 5.72. The number of halogens is 1. The predicted molar refractivity (Wildman–Crippen MR) is 74.3 cm³/mol. The number of rotatable bonds is 3. The minimum Gasteiger partial charge on any atom is -0.308 e. The molecule has 0 unspecified atom stereocenters. The molecule has 1 aromatic rings. The number of nitrogen functional groups attached to an aromatic ring is 1. The van der Waals surface area contributed by atoms with Crippen LogP contribution in [0.1, 0.15) is 12.1 Å². The largest absolute Gasteiger partial charge is 0.308 e. The molecule has 0 aliphatic carbocycles. The molecule has 1 aromatic heterocycles. The zero-order chi connectivity index (χ0) is 12.1. The van der Waals surface area contributed by atoms with E-state index in [1.165, 1.54) is 17.9 Å². The fourth-order valence-corrected chi connectivity index (χ4v) is 2.93. The van der Waals surface area contributed by atoms with E-state index in [9.17, 15) is 0 Å². The van der Waals surface area contributed by atoms with E-state index >= 15 is 0 Å². The van der Waals surface area contributed by atoms with Crippen LogP contribution in [-0.2, 0) is 6.54 Å². The van der Waals surface area contributed by atoms with Gasteiger partial charge in [-0.3, -0.25) is 4.90 Å². The van der Waals surface area contributed by atoms with Gasteiger partial charge in [-0.05, 0) is 30.9 Å². The topological polar surface area (TPSA) is 54.2 Å². The van der Waals surface area contributed by atoms with Crippen LogP contribution in [-0.4, -0.2) is 34.5 Å². The summed E-state index contributed by atoms with van der Waals surface area (Å²) in [5, 5.41) is 0.709. The van der Waals surface area contributed by atoms with Crippen LogP contribution in [0, 0.1) is 0 Å². The lowest BCUT2D eigenvalue weighted by molar-refractivity contribution is 0.284. The van der Waals surface area contributed by atoms with Gasteiger partial charge < -0.3 is 5.43 Å². The van der Waals surface area contributed by atoms with Crippen molar-refractivity contribution >= 4 is 29.2 Å². The summed E-state index contributed by atoms with van der Waals surface area (Å²) in [6, 6.07) is 3.62. The molecule has 6 heteroatoms. The summed E-state index contributed by atoms with van der Waals surface area (Å²) in [7, 11) is 0. The zero-order valence-electron chi connectivity index (χ0n) is 9.66. The lowest BCUT2D eigenvalue weighted by Gasteiger charge is -2.19. The minimum atomic E-state index is 0.661. The number of nitrogens with zero attached hydrogens (tertiary/aromatic N) is 2. The number of anilines is 1. The molecule has 1 fully saturated rings. The zero-order valence-corrected chi connectivity index (χ0v) is 11.2. The van der Waals surface area contributed by atoms with E-state index in [1.807, 2.05) is 17.8 Å². The minimum absolute atomic E-state index is 0.661. The Kier molecular flexibility index (Phi) is 4.91. The number of nitrogens with one attached hydrogen (secondary N) is 1. The molecule has 1 aliphatic heterocycles. The van der Waals surface area contributed by atoms with E-state index in [1.54, 1.807) is 6.07 Å². The highest BCUT2D eigenvalue weighted by Gasteiger charge is 2.12. The quantitative estimate of drug-likeness (QED) is 0.651. The second kappa shape index (κ2) is 6.44. The highest BCUT2D eigenvalue weighted by atomic mass is 35.5. The first-order chi connectivity index (χ1) is 8.29. The summed E-state index contributed by atoms with van der Waals surface area (Å²) in [6.45, 7) is 3.02. The highest BCUT2D eigenvalue weighted by molar-refractivity contribution is 7.99. The Balaban J connectivity index is 2.05. The van der Waals surface area contributed by atoms with E-state index < -0.39 is 0 Å².